The number of nitrogens with zero attached hydrogens (tertiary/aromatic N) is 1. The molecule has 0 spiro atoms. The van der Waals surface area contributed by atoms with Gasteiger partial charge in [0, 0.05) is 12.1 Å². The first-order valence-electron chi connectivity index (χ1n) is 5.75. The van der Waals surface area contributed by atoms with Gasteiger partial charge in [0.05, 0.1) is 5.69 Å². The minimum absolute atomic E-state index is 0.312. The Kier molecular flexibility index (Phi) is 3.92. The molecular weight excluding hydrogens is 208 g/mol. The molecule has 0 heterocycles. The summed E-state index contributed by atoms with van der Waals surface area (Å²) in [4.78, 5) is 0. The average molecular weight is 224 g/mol. The molecule has 0 saturated heterocycles. The van der Waals surface area contributed by atoms with Crippen LogP contribution in [0.25, 0.3) is 0 Å². The van der Waals surface area contributed by atoms with Crippen molar-refractivity contribution in [2.75, 3.05) is 5.43 Å². The zero-order valence-electron chi connectivity index (χ0n) is 9.88. The van der Waals surface area contributed by atoms with Gasteiger partial charge in [-0.3, -0.25) is 5.43 Å². The molecule has 2 aromatic carbocycles. The molecule has 2 aromatic rings. The van der Waals surface area contributed by atoms with Gasteiger partial charge in [-0.25, -0.2) is 0 Å². The molecule has 0 aromatic heterocycles. The van der Waals surface area contributed by atoms with Crippen LogP contribution in [0.2, 0.25) is 0 Å². The van der Waals surface area contributed by atoms with Crippen LogP contribution in [0.1, 0.15) is 18.4 Å². The molecule has 0 amide bonds. The van der Waals surface area contributed by atoms with E-state index in [0.29, 0.717) is 5.92 Å². The topological polar surface area (TPSA) is 24.4 Å². The highest BCUT2D eigenvalue weighted by Crippen LogP contribution is 2.12. The molecule has 0 fully saturated rings. The standard InChI is InChI=1S/C15H16N2/c1-13(14-8-4-2-5-9-14)12-16-17-15-10-6-3-7-11-15/h2-13,17H,1H3/b16-12-/t13-/m1/s1. The predicted octanol–water partition coefficient (Wildman–Crippen LogP) is 3.89. The minimum atomic E-state index is 0.312. The first kappa shape index (κ1) is 11.4. The van der Waals surface area contributed by atoms with E-state index in [9.17, 15) is 0 Å². The SMILES string of the molecule is C[C@H](/C=N\Nc1ccccc1)c1ccccc1. The van der Waals surface area contributed by atoms with Crippen LogP contribution in [0, 0.1) is 0 Å². The number of hydrazone groups is 1. The maximum Gasteiger partial charge on any atom is 0.0561 e. The molecule has 0 unspecified atom stereocenters. The molecule has 17 heavy (non-hydrogen) atoms. The van der Waals surface area contributed by atoms with Gasteiger partial charge in [-0.15, -0.1) is 0 Å². The van der Waals surface area contributed by atoms with Crippen molar-refractivity contribution in [2.24, 2.45) is 5.10 Å². The van der Waals surface area contributed by atoms with Crippen LogP contribution in [-0.4, -0.2) is 6.21 Å². The first-order chi connectivity index (χ1) is 8.36. The minimum Gasteiger partial charge on any atom is -0.279 e. The zero-order valence-corrected chi connectivity index (χ0v) is 9.88. The summed E-state index contributed by atoms with van der Waals surface area (Å²) < 4.78 is 0. The van der Waals surface area contributed by atoms with Crippen molar-refractivity contribution in [3.63, 3.8) is 0 Å². The molecule has 0 aliphatic heterocycles. The summed E-state index contributed by atoms with van der Waals surface area (Å²) in [5.74, 6) is 0.312. The number of hydrogen-bond acceptors (Lipinski definition) is 2. The summed E-state index contributed by atoms with van der Waals surface area (Å²) in [5, 5.41) is 4.24. The van der Waals surface area contributed by atoms with Crippen molar-refractivity contribution in [1.29, 1.82) is 0 Å². The maximum absolute atomic E-state index is 4.24. The molecule has 1 atom stereocenters. The Bertz CT molecular complexity index is 463. The smallest absolute Gasteiger partial charge is 0.0561 e. The third-order valence-electron chi connectivity index (χ3n) is 2.59. The second-order valence-electron chi connectivity index (χ2n) is 3.96. The van der Waals surface area contributed by atoms with Crippen molar-refractivity contribution in [2.45, 2.75) is 12.8 Å². The molecule has 86 valence electrons. The number of para-hydroxylation sites is 1. The van der Waals surface area contributed by atoms with E-state index in [4.69, 9.17) is 0 Å². The largest absolute Gasteiger partial charge is 0.279 e. The van der Waals surface area contributed by atoms with Crippen LogP contribution < -0.4 is 5.43 Å². The summed E-state index contributed by atoms with van der Waals surface area (Å²) in [6.45, 7) is 2.13. The lowest BCUT2D eigenvalue weighted by Gasteiger charge is -2.05. The zero-order chi connectivity index (χ0) is 11.9. The van der Waals surface area contributed by atoms with Crippen LogP contribution >= 0.6 is 0 Å². The van der Waals surface area contributed by atoms with Gasteiger partial charge in [-0.1, -0.05) is 55.5 Å². The number of hydrogen-bond donors (Lipinski definition) is 1. The van der Waals surface area contributed by atoms with E-state index < -0.39 is 0 Å². The lowest BCUT2D eigenvalue weighted by atomic mass is 10.0. The summed E-state index contributed by atoms with van der Waals surface area (Å²) in [7, 11) is 0. The highest BCUT2D eigenvalue weighted by molar-refractivity contribution is 5.68. The molecule has 2 nitrogen and oxygen atoms in total. The van der Waals surface area contributed by atoms with Crippen LogP contribution in [0.5, 0.6) is 0 Å². The van der Waals surface area contributed by atoms with E-state index in [1.807, 2.05) is 54.7 Å². The number of benzene rings is 2. The number of anilines is 1. The molecule has 1 N–H and O–H groups in total. The molecule has 0 radical (unpaired) electrons. The van der Waals surface area contributed by atoms with Gasteiger partial charge < -0.3 is 0 Å². The lowest BCUT2D eigenvalue weighted by molar-refractivity contribution is 1.04. The average Bonchev–Trinajstić information content (AvgIpc) is 2.41. The Morgan fingerprint density at radius 3 is 2.18 bits per heavy atom. The van der Waals surface area contributed by atoms with E-state index in [2.05, 4.69) is 29.6 Å². The van der Waals surface area contributed by atoms with Crippen molar-refractivity contribution in [3.05, 3.63) is 66.2 Å². The molecule has 0 saturated carbocycles. The molecule has 2 heteroatoms. The van der Waals surface area contributed by atoms with Crippen molar-refractivity contribution >= 4 is 11.9 Å². The monoisotopic (exact) mass is 224 g/mol. The van der Waals surface area contributed by atoms with E-state index >= 15 is 0 Å². The predicted molar refractivity (Wildman–Crippen MR) is 73.4 cm³/mol. The van der Waals surface area contributed by atoms with Crippen molar-refractivity contribution in [3.8, 4) is 0 Å². The Hall–Kier alpha value is -2.09. The fourth-order valence-electron chi connectivity index (χ4n) is 1.58. The van der Waals surface area contributed by atoms with Gasteiger partial charge in [0.15, 0.2) is 0 Å². The maximum atomic E-state index is 4.24. The summed E-state index contributed by atoms with van der Waals surface area (Å²) in [5.41, 5.74) is 5.29. The summed E-state index contributed by atoms with van der Waals surface area (Å²) in [6, 6.07) is 20.3. The van der Waals surface area contributed by atoms with Gasteiger partial charge in [0.25, 0.3) is 0 Å². The van der Waals surface area contributed by atoms with E-state index in [-0.39, 0.29) is 0 Å². The van der Waals surface area contributed by atoms with Crippen LogP contribution in [0.15, 0.2) is 65.8 Å². The van der Waals surface area contributed by atoms with Gasteiger partial charge in [-0.2, -0.15) is 5.10 Å². The molecule has 2 rings (SSSR count). The number of nitrogens with one attached hydrogen (secondary N) is 1. The van der Waals surface area contributed by atoms with Crippen LogP contribution in [0.3, 0.4) is 0 Å². The molecular formula is C15H16N2. The Morgan fingerprint density at radius 1 is 0.941 bits per heavy atom. The summed E-state index contributed by atoms with van der Waals surface area (Å²) >= 11 is 0. The Labute approximate surface area is 102 Å². The van der Waals surface area contributed by atoms with Gasteiger partial charge in [0.1, 0.15) is 0 Å². The molecule has 0 aliphatic carbocycles. The first-order valence-corrected chi connectivity index (χ1v) is 5.75. The summed E-state index contributed by atoms with van der Waals surface area (Å²) in [6.07, 6.45) is 1.92. The highest BCUT2D eigenvalue weighted by Gasteiger charge is 1.99. The highest BCUT2D eigenvalue weighted by atomic mass is 15.3. The quantitative estimate of drug-likeness (QED) is 0.618. The van der Waals surface area contributed by atoms with Gasteiger partial charge in [-0.05, 0) is 17.7 Å². The fraction of sp³-hybridized carbons (Fsp3) is 0.133. The Morgan fingerprint density at radius 2 is 1.53 bits per heavy atom. The Balaban J connectivity index is 1.93. The van der Waals surface area contributed by atoms with Crippen molar-refractivity contribution < 1.29 is 0 Å². The van der Waals surface area contributed by atoms with E-state index in [0.717, 1.165) is 5.69 Å². The second-order valence-corrected chi connectivity index (χ2v) is 3.96. The number of rotatable bonds is 4. The van der Waals surface area contributed by atoms with Crippen LogP contribution in [-0.2, 0) is 0 Å². The second kappa shape index (κ2) is 5.85. The van der Waals surface area contributed by atoms with Gasteiger partial charge in [0.2, 0.25) is 0 Å². The molecule has 0 aliphatic rings. The third kappa shape index (κ3) is 3.45. The molecule has 0 bridgehead atoms. The fourth-order valence-corrected chi connectivity index (χ4v) is 1.58. The van der Waals surface area contributed by atoms with E-state index in [1.165, 1.54) is 5.56 Å². The third-order valence-corrected chi connectivity index (χ3v) is 2.59. The van der Waals surface area contributed by atoms with E-state index in [1.54, 1.807) is 0 Å². The van der Waals surface area contributed by atoms with Gasteiger partial charge >= 0.3 is 0 Å². The normalized spacial score (nSPS) is 12.5. The lowest BCUT2D eigenvalue weighted by Crippen LogP contribution is -1.97. The van der Waals surface area contributed by atoms with Crippen molar-refractivity contribution in [1.82, 2.24) is 0 Å². The van der Waals surface area contributed by atoms with Crippen LogP contribution in [0.4, 0.5) is 5.69 Å².